The minimum absolute atomic E-state index is 0.0275. The third kappa shape index (κ3) is 3.37. The van der Waals surface area contributed by atoms with Crippen LogP contribution in [0, 0.1) is 0 Å². The predicted octanol–water partition coefficient (Wildman–Crippen LogP) is 2.31. The first-order valence-electron chi connectivity index (χ1n) is 8.09. The maximum Gasteiger partial charge on any atom is 0.328 e. The van der Waals surface area contributed by atoms with Gasteiger partial charge in [-0.05, 0) is 18.1 Å². The number of nitrogens with zero attached hydrogens (tertiary/aromatic N) is 2. The van der Waals surface area contributed by atoms with Gasteiger partial charge >= 0.3 is 5.69 Å². The molecule has 0 aliphatic rings. The first-order chi connectivity index (χ1) is 11.7. The zero-order valence-electron chi connectivity index (χ0n) is 13.6. The predicted molar refractivity (Wildman–Crippen MR) is 93.7 cm³/mol. The first-order valence-corrected chi connectivity index (χ1v) is 8.09. The van der Waals surface area contributed by atoms with E-state index in [1.54, 1.807) is 6.20 Å². The Morgan fingerprint density at radius 3 is 2.79 bits per heavy atom. The summed E-state index contributed by atoms with van der Waals surface area (Å²) in [5.41, 5.74) is 2.74. The van der Waals surface area contributed by atoms with E-state index >= 15 is 0 Å². The number of imidazole rings is 1. The number of carbonyl (C=O) groups excluding carboxylic acids is 1. The van der Waals surface area contributed by atoms with Gasteiger partial charge in [0.2, 0.25) is 5.91 Å². The lowest BCUT2D eigenvalue weighted by molar-refractivity contribution is -0.121. The quantitative estimate of drug-likeness (QED) is 0.683. The number of H-pyrrole nitrogens is 1. The van der Waals surface area contributed by atoms with Crippen LogP contribution in [0.1, 0.15) is 19.8 Å². The van der Waals surface area contributed by atoms with Crippen molar-refractivity contribution in [1.82, 2.24) is 19.9 Å². The van der Waals surface area contributed by atoms with Gasteiger partial charge in [0.15, 0.2) is 5.65 Å². The molecule has 0 unspecified atom stereocenters. The van der Waals surface area contributed by atoms with Crippen molar-refractivity contribution in [3.63, 3.8) is 0 Å². The molecule has 0 atom stereocenters. The number of carbonyl (C=O) groups is 1. The molecule has 24 heavy (non-hydrogen) atoms. The summed E-state index contributed by atoms with van der Waals surface area (Å²) in [6, 6.07) is 11.7. The van der Waals surface area contributed by atoms with Gasteiger partial charge in [0.1, 0.15) is 6.54 Å². The number of pyridine rings is 1. The molecule has 3 aromatic rings. The zero-order valence-corrected chi connectivity index (χ0v) is 13.6. The van der Waals surface area contributed by atoms with Crippen LogP contribution in [-0.4, -0.2) is 27.0 Å². The Hall–Kier alpha value is -2.89. The molecule has 0 radical (unpaired) electrons. The minimum atomic E-state index is -0.326. The third-order valence-electron chi connectivity index (χ3n) is 3.87. The van der Waals surface area contributed by atoms with Crippen LogP contribution in [0.3, 0.4) is 0 Å². The van der Waals surface area contributed by atoms with Gasteiger partial charge < -0.3 is 10.3 Å². The molecule has 2 N–H and O–H groups in total. The minimum Gasteiger partial charge on any atom is -0.355 e. The van der Waals surface area contributed by atoms with E-state index in [1.807, 2.05) is 36.4 Å². The molecule has 1 aromatic carbocycles. The van der Waals surface area contributed by atoms with Gasteiger partial charge in [0.05, 0.1) is 5.52 Å². The van der Waals surface area contributed by atoms with Gasteiger partial charge in [-0.25, -0.2) is 9.78 Å². The molecule has 0 fully saturated rings. The molecule has 0 saturated carbocycles. The maximum atomic E-state index is 12.1. The monoisotopic (exact) mass is 324 g/mol. The molecule has 2 heterocycles. The summed E-state index contributed by atoms with van der Waals surface area (Å²) in [4.78, 5) is 31.3. The normalized spacial score (nSPS) is 10.9. The number of aromatic nitrogens is 3. The highest BCUT2D eigenvalue weighted by Gasteiger charge is 2.12. The first kappa shape index (κ1) is 16.0. The smallest absolute Gasteiger partial charge is 0.328 e. The van der Waals surface area contributed by atoms with Crippen molar-refractivity contribution >= 4 is 17.1 Å². The van der Waals surface area contributed by atoms with E-state index in [4.69, 9.17) is 0 Å². The summed E-state index contributed by atoms with van der Waals surface area (Å²) in [6.45, 7) is 2.66. The van der Waals surface area contributed by atoms with Crippen molar-refractivity contribution in [2.75, 3.05) is 6.54 Å². The van der Waals surface area contributed by atoms with Gasteiger partial charge in [0.25, 0.3) is 0 Å². The summed E-state index contributed by atoms with van der Waals surface area (Å²) in [5, 5.41) is 2.81. The van der Waals surface area contributed by atoms with E-state index in [0.29, 0.717) is 17.7 Å². The Morgan fingerprint density at radius 2 is 2.04 bits per heavy atom. The topological polar surface area (TPSA) is 79.8 Å². The number of aromatic amines is 1. The van der Waals surface area contributed by atoms with Crippen molar-refractivity contribution in [2.45, 2.75) is 26.3 Å². The summed E-state index contributed by atoms with van der Waals surface area (Å²) < 4.78 is 1.37. The van der Waals surface area contributed by atoms with Crippen molar-refractivity contribution in [1.29, 1.82) is 0 Å². The van der Waals surface area contributed by atoms with E-state index in [-0.39, 0.29) is 18.1 Å². The van der Waals surface area contributed by atoms with E-state index in [1.165, 1.54) is 4.57 Å². The van der Waals surface area contributed by atoms with Crippen LogP contribution in [-0.2, 0) is 11.3 Å². The largest absolute Gasteiger partial charge is 0.355 e. The molecule has 6 nitrogen and oxygen atoms in total. The Bertz CT molecular complexity index is 896. The van der Waals surface area contributed by atoms with E-state index < -0.39 is 0 Å². The summed E-state index contributed by atoms with van der Waals surface area (Å²) >= 11 is 0. The lowest BCUT2D eigenvalue weighted by Crippen LogP contribution is -2.32. The molecule has 3 rings (SSSR count). The van der Waals surface area contributed by atoms with Crippen LogP contribution in [0.5, 0.6) is 0 Å². The zero-order chi connectivity index (χ0) is 16.9. The van der Waals surface area contributed by atoms with E-state index in [0.717, 1.165) is 24.0 Å². The summed E-state index contributed by atoms with van der Waals surface area (Å²) in [5.74, 6) is -0.180. The average molecular weight is 324 g/mol. The number of amides is 1. The van der Waals surface area contributed by atoms with Crippen molar-refractivity contribution in [2.24, 2.45) is 0 Å². The second-order valence-corrected chi connectivity index (χ2v) is 5.68. The fraction of sp³-hybridized carbons (Fsp3) is 0.278. The molecule has 0 spiro atoms. The number of unbranched alkanes of at least 4 members (excludes halogenated alkanes) is 1. The highest BCUT2D eigenvalue weighted by molar-refractivity contribution is 5.81. The third-order valence-corrected chi connectivity index (χ3v) is 3.87. The van der Waals surface area contributed by atoms with Crippen LogP contribution >= 0.6 is 0 Å². The van der Waals surface area contributed by atoms with Gasteiger partial charge in [0, 0.05) is 18.3 Å². The van der Waals surface area contributed by atoms with Crippen LogP contribution in [0.15, 0.2) is 47.4 Å². The Morgan fingerprint density at radius 1 is 1.25 bits per heavy atom. The second kappa shape index (κ2) is 7.12. The average Bonchev–Trinajstić information content (AvgIpc) is 2.91. The fourth-order valence-corrected chi connectivity index (χ4v) is 2.58. The lowest BCUT2D eigenvalue weighted by Gasteiger charge is -2.05. The molecule has 2 aromatic heterocycles. The molecular formula is C18H20N4O2. The molecule has 0 bridgehead atoms. The SMILES string of the molecule is CCCCNC(=O)Cn1c(=O)[nH]c2cc(-c3ccccc3)cnc21. The van der Waals surface area contributed by atoms with Gasteiger partial charge in [-0.2, -0.15) is 0 Å². The standard InChI is InChI=1S/C18H20N4O2/c1-2-3-9-19-16(23)12-22-17-15(21-18(22)24)10-14(11-20-17)13-7-5-4-6-8-13/h4-8,10-11H,2-3,9,12H2,1H3,(H,19,23)(H,21,24). The summed E-state index contributed by atoms with van der Waals surface area (Å²) in [7, 11) is 0. The Labute approximate surface area is 139 Å². The molecule has 0 saturated heterocycles. The Kier molecular flexibility index (Phi) is 4.74. The number of rotatable bonds is 6. The van der Waals surface area contributed by atoms with Crippen LogP contribution in [0.25, 0.3) is 22.3 Å². The fourth-order valence-electron chi connectivity index (χ4n) is 2.58. The molecular weight excluding hydrogens is 304 g/mol. The van der Waals surface area contributed by atoms with Crippen molar-refractivity contribution in [3.8, 4) is 11.1 Å². The number of hydrogen-bond acceptors (Lipinski definition) is 3. The van der Waals surface area contributed by atoms with Crippen LogP contribution in [0.4, 0.5) is 0 Å². The van der Waals surface area contributed by atoms with Crippen molar-refractivity contribution in [3.05, 3.63) is 53.1 Å². The second-order valence-electron chi connectivity index (χ2n) is 5.68. The number of benzene rings is 1. The molecule has 124 valence electrons. The molecule has 0 aliphatic carbocycles. The molecule has 1 amide bonds. The molecule has 6 heteroatoms. The highest BCUT2D eigenvalue weighted by atomic mass is 16.2. The molecule has 0 aliphatic heterocycles. The van der Waals surface area contributed by atoms with Crippen molar-refractivity contribution < 1.29 is 4.79 Å². The lowest BCUT2D eigenvalue weighted by atomic mass is 10.1. The number of hydrogen-bond donors (Lipinski definition) is 2. The van der Waals surface area contributed by atoms with Gasteiger partial charge in [-0.3, -0.25) is 9.36 Å². The summed E-state index contributed by atoms with van der Waals surface area (Å²) in [6.07, 6.45) is 3.65. The Balaban J connectivity index is 1.87. The van der Waals surface area contributed by atoms with Gasteiger partial charge in [-0.15, -0.1) is 0 Å². The van der Waals surface area contributed by atoms with E-state index in [2.05, 4.69) is 22.2 Å². The highest BCUT2D eigenvalue weighted by Crippen LogP contribution is 2.20. The number of nitrogens with one attached hydrogen (secondary N) is 2. The van der Waals surface area contributed by atoms with E-state index in [9.17, 15) is 9.59 Å². The maximum absolute atomic E-state index is 12.1. The van der Waals surface area contributed by atoms with Gasteiger partial charge in [-0.1, -0.05) is 43.7 Å². The van der Waals surface area contributed by atoms with Crippen LogP contribution in [0.2, 0.25) is 0 Å². The number of fused-ring (bicyclic) bond motifs is 1. The van der Waals surface area contributed by atoms with Crippen LogP contribution < -0.4 is 11.0 Å².